The largest absolute Gasteiger partial charge is 0.497 e. The van der Waals surface area contributed by atoms with E-state index in [1.807, 2.05) is 32.0 Å². The monoisotopic (exact) mass is 268 g/mol. The molecule has 0 saturated heterocycles. The van der Waals surface area contributed by atoms with Gasteiger partial charge in [0.25, 0.3) is 0 Å². The molecule has 0 heterocycles. The fourth-order valence-corrected chi connectivity index (χ4v) is 1.98. The number of rotatable bonds is 5. The topological polar surface area (TPSA) is 42.5 Å². The smallest absolute Gasteiger partial charge is 0.166 e. The van der Waals surface area contributed by atoms with Crippen LogP contribution in [0, 0.1) is 0 Å². The SMILES string of the molecule is CCNC(=S)NC(C)c1cc(OC)ccc1OC. The lowest BCUT2D eigenvalue weighted by Gasteiger charge is -2.19. The van der Waals surface area contributed by atoms with Gasteiger partial charge in [-0.05, 0) is 44.3 Å². The molecule has 1 aromatic carbocycles. The Kier molecular flexibility index (Phi) is 5.71. The van der Waals surface area contributed by atoms with E-state index in [2.05, 4.69) is 10.6 Å². The quantitative estimate of drug-likeness (QED) is 0.802. The lowest BCUT2D eigenvalue weighted by molar-refractivity contribution is 0.395. The molecule has 0 saturated carbocycles. The third kappa shape index (κ3) is 3.77. The molecule has 1 atom stereocenters. The highest BCUT2D eigenvalue weighted by Gasteiger charge is 2.13. The van der Waals surface area contributed by atoms with Crippen molar-refractivity contribution in [1.82, 2.24) is 10.6 Å². The van der Waals surface area contributed by atoms with Crippen molar-refractivity contribution in [1.29, 1.82) is 0 Å². The van der Waals surface area contributed by atoms with Crippen molar-refractivity contribution < 1.29 is 9.47 Å². The third-order valence-corrected chi connectivity index (χ3v) is 2.85. The molecule has 0 aliphatic rings. The van der Waals surface area contributed by atoms with Crippen molar-refractivity contribution in [2.75, 3.05) is 20.8 Å². The Bertz CT molecular complexity index is 410. The van der Waals surface area contributed by atoms with Crippen LogP contribution in [0.3, 0.4) is 0 Å². The Hall–Kier alpha value is -1.49. The van der Waals surface area contributed by atoms with E-state index >= 15 is 0 Å². The Morgan fingerprint density at radius 1 is 1.33 bits per heavy atom. The van der Waals surface area contributed by atoms with Crippen LogP contribution < -0.4 is 20.1 Å². The standard InChI is InChI=1S/C13H20N2O2S/c1-5-14-13(18)15-9(2)11-8-10(16-3)6-7-12(11)17-4/h6-9H,5H2,1-4H3,(H2,14,15,18). The molecule has 1 rings (SSSR count). The Morgan fingerprint density at radius 2 is 2.06 bits per heavy atom. The normalized spacial score (nSPS) is 11.6. The second-order valence-corrected chi connectivity index (χ2v) is 4.24. The maximum Gasteiger partial charge on any atom is 0.166 e. The first-order valence-corrected chi connectivity index (χ1v) is 6.29. The van der Waals surface area contributed by atoms with E-state index in [4.69, 9.17) is 21.7 Å². The van der Waals surface area contributed by atoms with Crippen LogP contribution in [0.2, 0.25) is 0 Å². The van der Waals surface area contributed by atoms with Gasteiger partial charge in [0, 0.05) is 12.1 Å². The zero-order valence-electron chi connectivity index (χ0n) is 11.2. The molecule has 100 valence electrons. The summed E-state index contributed by atoms with van der Waals surface area (Å²) in [7, 11) is 3.30. The predicted molar refractivity (Wildman–Crippen MR) is 77.4 cm³/mol. The zero-order chi connectivity index (χ0) is 13.5. The van der Waals surface area contributed by atoms with Crippen molar-refractivity contribution in [2.24, 2.45) is 0 Å². The van der Waals surface area contributed by atoms with Crippen molar-refractivity contribution in [2.45, 2.75) is 19.9 Å². The van der Waals surface area contributed by atoms with Crippen LogP contribution in [-0.4, -0.2) is 25.9 Å². The van der Waals surface area contributed by atoms with Gasteiger partial charge in [0.05, 0.1) is 20.3 Å². The minimum absolute atomic E-state index is 0.0431. The van der Waals surface area contributed by atoms with Gasteiger partial charge in [0.1, 0.15) is 11.5 Å². The molecule has 0 fully saturated rings. The van der Waals surface area contributed by atoms with E-state index in [-0.39, 0.29) is 6.04 Å². The summed E-state index contributed by atoms with van der Waals surface area (Å²) >= 11 is 5.18. The van der Waals surface area contributed by atoms with Crippen LogP contribution in [-0.2, 0) is 0 Å². The molecule has 0 aromatic heterocycles. The lowest BCUT2D eigenvalue weighted by atomic mass is 10.1. The van der Waals surface area contributed by atoms with Crippen LogP contribution in [0.4, 0.5) is 0 Å². The highest BCUT2D eigenvalue weighted by molar-refractivity contribution is 7.80. The van der Waals surface area contributed by atoms with Crippen molar-refractivity contribution in [3.8, 4) is 11.5 Å². The van der Waals surface area contributed by atoms with Gasteiger partial charge in [0.2, 0.25) is 0 Å². The predicted octanol–water partition coefficient (Wildman–Crippen LogP) is 2.25. The molecule has 0 bridgehead atoms. The van der Waals surface area contributed by atoms with Gasteiger partial charge >= 0.3 is 0 Å². The second-order valence-electron chi connectivity index (χ2n) is 3.83. The fourth-order valence-electron chi connectivity index (χ4n) is 1.66. The molecular weight excluding hydrogens is 248 g/mol. The highest BCUT2D eigenvalue weighted by Crippen LogP contribution is 2.29. The summed E-state index contributed by atoms with van der Waals surface area (Å²) < 4.78 is 10.6. The summed E-state index contributed by atoms with van der Waals surface area (Å²) in [4.78, 5) is 0. The molecule has 0 aliphatic carbocycles. The summed E-state index contributed by atoms with van der Waals surface area (Å²) in [6, 6.07) is 5.76. The molecule has 0 spiro atoms. The molecule has 4 nitrogen and oxygen atoms in total. The number of hydrogen-bond acceptors (Lipinski definition) is 3. The van der Waals surface area contributed by atoms with E-state index in [1.165, 1.54) is 0 Å². The first-order chi connectivity index (χ1) is 8.62. The van der Waals surface area contributed by atoms with Crippen molar-refractivity contribution in [3.63, 3.8) is 0 Å². The number of benzene rings is 1. The third-order valence-electron chi connectivity index (χ3n) is 2.59. The Balaban J connectivity index is 2.88. The fraction of sp³-hybridized carbons (Fsp3) is 0.462. The number of nitrogens with one attached hydrogen (secondary N) is 2. The maximum atomic E-state index is 5.35. The van der Waals surface area contributed by atoms with E-state index in [9.17, 15) is 0 Å². The van der Waals surface area contributed by atoms with Gasteiger partial charge in [-0.2, -0.15) is 0 Å². The summed E-state index contributed by atoms with van der Waals surface area (Å²) in [6.07, 6.45) is 0. The molecule has 2 N–H and O–H groups in total. The number of methoxy groups -OCH3 is 2. The van der Waals surface area contributed by atoms with Crippen LogP contribution in [0.1, 0.15) is 25.5 Å². The summed E-state index contributed by atoms with van der Waals surface area (Å²) in [5, 5.41) is 6.90. The van der Waals surface area contributed by atoms with Gasteiger partial charge in [-0.25, -0.2) is 0 Å². The minimum atomic E-state index is 0.0431. The number of ether oxygens (including phenoxy) is 2. The summed E-state index contributed by atoms with van der Waals surface area (Å²) in [5.74, 6) is 1.61. The van der Waals surface area contributed by atoms with E-state index in [0.717, 1.165) is 23.6 Å². The lowest BCUT2D eigenvalue weighted by Crippen LogP contribution is -2.36. The summed E-state index contributed by atoms with van der Waals surface area (Å²) in [5.41, 5.74) is 1.01. The second kappa shape index (κ2) is 7.06. The van der Waals surface area contributed by atoms with Crippen molar-refractivity contribution >= 4 is 17.3 Å². The molecule has 5 heteroatoms. The molecule has 0 aliphatic heterocycles. The Labute approximate surface area is 114 Å². The molecule has 18 heavy (non-hydrogen) atoms. The van der Waals surface area contributed by atoms with Gasteiger partial charge < -0.3 is 20.1 Å². The molecule has 1 aromatic rings. The first-order valence-electron chi connectivity index (χ1n) is 5.88. The van der Waals surface area contributed by atoms with Crippen molar-refractivity contribution in [3.05, 3.63) is 23.8 Å². The molecule has 1 unspecified atom stereocenters. The highest BCUT2D eigenvalue weighted by atomic mass is 32.1. The zero-order valence-corrected chi connectivity index (χ0v) is 12.1. The average molecular weight is 268 g/mol. The number of thiocarbonyl (C=S) groups is 1. The van der Waals surface area contributed by atoms with Gasteiger partial charge in [-0.15, -0.1) is 0 Å². The van der Waals surface area contributed by atoms with Crippen LogP contribution in [0.15, 0.2) is 18.2 Å². The minimum Gasteiger partial charge on any atom is -0.497 e. The van der Waals surface area contributed by atoms with Crippen LogP contribution in [0.25, 0.3) is 0 Å². The van der Waals surface area contributed by atoms with Crippen LogP contribution >= 0.6 is 12.2 Å². The molecular formula is C13H20N2O2S. The van der Waals surface area contributed by atoms with Gasteiger partial charge in [-0.1, -0.05) is 0 Å². The van der Waals surface area contributed by atoms with Crippen LogP contribution in [0.5, 0.6) is 11.5 Å². The number of hydrogen-bond donors (Lipinski definition) is 2. The van der Waals surface area contributed by atoms with E-state index in [1.54, 1.807) is 14.2 Å². The first kappa shape index (κ1) is 14.6. The van der Waals surface area contributed by atoms with Gasteiger partial charge in [-0.3, -0.25) is 0 Å². The molecule has 0 radical (unpaired) electrons. The van der Waals surface area contributed by atoms with Gasteiger partial charge in [0.15, 0.2) is 5.11 Å². The van der Waals surface area contributed by atoms with E-state index < -0.39 is 0 Å². The van der Waals surface area contributed by atoms with E-state index in [0.29, 0.717) is 5.11 Å². The summed E-state index contributed by atoms with van der Waals surface area (Å²) in [6.45, 7) is 4.83. The average Bonchev–Trinajstić information content (AvgIpc) is 2.38. The maximum absolute atomic E-state index is 5.35. The molecule has 0 amide bonds. The Morgan fingerprint density at radius 3 is 2.61 bits per heavy atom.